The van der Waals surface area contributed by atoms with Crippen molar-refractivity contribution >= 4 is 11.6 Å². The van der Waals surface area contributed by atoms with E-state index in [-0.39, 0.29) is 12.0 Å². The summed E-state index contributed by atoms with van der Waals surface area (Å²) in [6.07, 6.45) is 2.70. The van der Waals surface area contributed by atoms with Crippen LogP contribution in [0.5, 0.6) is 5.75 Å². The zero-order valence-corrected chi connectivity index (χ0v) is 10.2. The number of hydrogen-bond donors (Lipinski definition) is 1. The van der Waals surface area contributed by atoms with E-state index in [1.165, 1.54) is 12.5 Å². The normalized spacial score (nSPS) is 10.4. The van der Waals surface area contributed by atoms with Gasteiger partial charge in [0.05, 0.1) is 23.6 Å². The molecule has 2 rings (SSSR count). The molecule has 0 aliphatic rings. The number of nitrogens with zero attached hydrogens (tertiary/aromatic N) is 1. The fraction of sp³-hybridized carbons (Fsp3) is 0.231. The molecule has 0 saturated heterocycles. The van der Waals surface area contributed by atoms with Gasteiger partial charge in [0.2, 0.25) is 0 Å². The van der Waals surface area contributed by atoms with Gasteiger partial charge in [0.15, 0.2) is 0 Å². The van der Waals surface area contributed by atoms with Crippen LogP contribution in [0.15, 0.2) is 41.2 Å². The van der Waals surface area contributed by atoms with E-state index >= 15 is 0 Å². The van der Waals surface area contributed by atoms with Crippen molar-refractivity contribution in [1.29, 1.82) is 0 Å². The Morgan fingerprint density at radius 1 is 1.39 bits per heavy atom. The highest BCUT2D eigenvalue weighted by Crippen LogP contribution is 2.25. The fourth-order valence-electron chi connectivity index (χ4n) is 1.44. The van der Waals surface area contributed by atoms with E-state index in [1.54, 1.807) is 6.07 Å². The van der Waals surface area contributed by atoms with Gasteiger partial charge in [0.25, 0.3) is 5.91 Å². The molecule has 1 aromatic carbocycles. The van der Waals surface area contributed by atoms with Crippen molar-refractivity contribution in [2.75, 3.05) is 5.32 Å². The van der Waals surface area contributed by atoms with Crippen LogP contribution in [0.25, 0.3) is 0 Å². The highest BCUT2D eigenvalue weighted by molar-refractivity contribution is 6.04. The second-order valence-electron chi connectivity index (χ2n) is 4.03. The van der Waals surface area contributed by atoms with Gasteiger partial charge in [-0.15, -0.1) is 0 Å². The number of rotatable bonds is 4. The van der Waals surface area contributed by atoms with Crippen LogP contribution in [0, 0.1) is 0 Å². The number of carbonyl (C=O) groups excluding carboxylic acids is 1. The molecule has 1 heterocycles. The van der Waals surface area contributed by atoms with E-state index in [4.69, 9.17) is 4.74 Å². The average molecular weight is 246 g/mol. The Hall–Kier alpha value is -2.30. The minimum atomic E-state index is -0.281. The summed E-state index contributed by atoms with van der Waals surface area (Å²) in [6, 6.07) is 7.27. The molecule has 2 aromatic rings. The van der Waals surface area contributed by atoms with Gasteiger partial charge in [-0.05, 0) is 26.0 Å². The van der Waals surface area contributed by atoms with Crippen LogP contribution >= 0.6 is 0 Å². The highest BCUT2D eigenvalue weighted by Gasteiger charge is 2.11. The molecule has 5 nitrogen and oxygen atoms in total. The zero-order valence-electron chi connectivity index (χ0n) is 10.2. The number of aromatic nitrogens is 1. The molecule has 1 aromatic heterocycles. The molecular formula is C13H14N2O3. The lowest BCUT2D eigenvalue weighted by molar-refractivity contribution is 0.102. The lowest BCUT2D eigenvalue weighted by Gasteiger charge is -2.14. The number of ether oxygens (including phenoxy) is 1. The van der Waals surface area contributed by atoms with E-state index < -0.39 is 0 Å². The molecule has 1 N–H and O–H groups in total. The van der Waals surface area contributed by atoms with Crippen LogP contribution in [0.4, 0.5) is 5.69 Å². The minimum absolute atomic E-state index is 0.0404. The molecule has 0 fully saturated rings. The van der Waals surface area contributed by atoms with Gasteiger partial charge in [-0.3, -0.25) is 4.79 Å². The maximum absolute atomic E-state index is 11.8. The van der Waals surface area contributed by atoms with E-state index in [9.17, 15) is 4.79 Å². The first-order valence-corrected chi connectivity index (χ1v) is 5.63. The summed E-state index contributed by atoms with van der Waals surface area (Å²) >= 11 is 0. The van der Waals surface area contributed by atoms with Crippen LogP contribution in [-0.2, 0) is 0 Å². The van der Waals surface area contributed by atoms with E-state index in [1.807, 2.05) is 32.0 Å². The van der Waals surface area contributed by atoms with Gasteiger partial charge in [-0.2, -0.15) is 0 Å². The number of para-hydroxylation sites is 2. The smallest absolute Gasteiger partial charge is 0.260 e. The third-order valence-corrected chi connectivity index (χ3v) is 2.19. The van der Waals surface area contributed by atoms with Crippen LogP contribution in [0.2, 0.25) is 0 Å². The second kappa shape index (κ2) is 5.35. The van der Waals surface area contributed by atoms with Gasteiger partial charge in [0, 0.05) is 0 Å². The van der Waals surface area contributed by atoms with Crippen molar-refractivity contribution in [2.45, 2.75) is 20.0 Å². The molecule has 0 radical (unpaired) electrons. The molecule has 0 unspecified atom stereocenters. The third kappa shape index (κ3) is 2.88. The Bertz CT molecular complexity index is 521. The molecule has 0 aliphatic heterocycles. The Labute approximate surface area is 105 Å². The molecule has 18 heavy (non-hydrogen) atoms. The van der Waals surface area contributed by atoms with Gasteiger partial charge >= 0.3 is 0 Å². The Kier molecular flexibility index (Phi) is 3.62. The van der Waals surface area contributed by atoms with Crippen molar-refractivity contribution < 1.29 is 14.1 Å². The highest BCUT2D eigenvalue weighted by atomic mass is 16.5. The zero-order chi connectivity index (χ0) is 13.0. The van der Waals surface area contributed by atoms with Crippen molar-refractivity contribution in [3.63, 3.8) is 0 Å². The van der Waals surface area contributed by atoms with E-state index in [0.717, 1.165) is 0 Å². The quantitative estimate of drug-likeness (QED) is 0.900. The van der Waals surface area contributed by atoms with Gasteiger partial charge < -0.3 is 14.6 Å². The van der Waals surface area contributed by atoms with Gasteiger partial charge in [-0.1, -0.05) is 17.3 Å². The maximum atomic E-state index is 11.8. The summed E-state index contributed by atoms with van der Waals surface area (Å²) in [5.41, 5.74) is 0.992. The number of nitrogens with one attached hydrogen (secondary N) is 1. The van der Waals surface area contributed by atoms with Gasteiger partial charge in [0.1, 0.15) is 12.0 Å². The lowest BCUT2D eigenvalue weighted by atomic mass is 10.2. The molecule has 0 bridgehead atoms. The number of benzene rings is 1. The van der Waals surface area contributed by atoms with Crippen molar-refractivity contribution in [3.8, 4) is 5.75 Å². The molecule has 5 heteroatoms. The van der Waals surface area contributed by atoms with Gasteiger partial charge in [-0.25, -0.2) is 0 Å². The molecule has 0 aliphatic carbocycles. The van der Waals surface area contributed by atoms with E-state index in [0.29, 0.717) is 17.0 Å². The average Bonchev–Trinajstić information content (AvgIpc) is 2.84. The summed E-state index contributed by atoms with van der Waals surface area (Å²) in [6.45, 7) is 3.86. The first-order valence-electron chi connectivity index (χ1n) is 5.63. The summed E-state index contributed by atoms with van der Waals surface area (Å²) in [7, 11) is 0. The van der Waals surface area contributed by atoms with Crippen molar-refractivity contribution in [1.82, 2.24) is 5.16 Å². The van der Waals surface area contributed by atoms with Crippen molar-refractivity contribution in [3.05, 3.63) is 42.3 Å². The first kappa shape index (κ1) is 12.2. The Balaban J connectivity index is 2.16. The lowest BCUT2D eigenvalue weighted by Crippen LogP contribution is -2.13. The van der Waals surface area contributed by atoms with Crippen LogP contribution in [-0.4, -0.2) is 17.2 Å². The SMILES string of the molecule is CC(C)Oc1ccccc1NC(=O)c1cnoc1. The molecular weight excluding hydrogens is 232 g/mol. The standard InChI is InChI=1S/C13H14N2O3/c1-9(2)18-12-6-4-3-5-11(12)15-13(16)10-7-14-17-8-10/h3-9H,1-2H3,(H,15,16). The topological polar surface area (TPSA) is 64.4 Å². The van der Waals surface area contributed by atoms with Crippen LogP contribution in [0.3, 0.4) is 0 Å². The first-order chi connectivity index (χ1) is 8.66. The molecule has 1 amide bonds. The summed E-state index contributed by atoms with van der Waals surface area (Å²) in [5.74, 6) is 0.355. The number of carbonyl (C=O) groups is 1. The molecule has 94 valence electrons. The minimum Gasteiger partial charge on any atom is -0.489 e. The van der Waals surface area contributed by atoms with E-state index in [2.05, 4.69) is 15.0 Å². The monoisotopic (exact) mass is 246 g/mol. The maximum Gasteiger partial charge on any atom is 0.260 e. The molecule has 0 spiro atoms. The van der Waals surface area contributed by atoms with Crippen LogP contribution in [0.1, 0.15) is 24.2 Å². The predicted octanol–water partition coefficient (Wildman–Crippen LogP) is 2.71. The second-order valence-corrected chi connectivity index (χ2v) is 4.03. The molecule has 0 saturated carbocycles. The number of anilines is 1. The van der Waals surface area contributed by atoms with Crippen molar-refractivity contribution in [2.24, 2.45) is 0 Å². The Morgan fingerprint density at radius 2 is 2.17 bits per heavy atom. The Morgan fingerprint density at radius 3 is 2.83 bits per heavy atom. The summed E-state index contributed by atoms with van der Waals surface area (Å²) in [4.78, 5) is 11.8. The number of amides is 1. The molecule has 0 atom stereocenters. The third-order valence-electron chi connectivity index (χ3n) is 2.19. The van der Waals surface area contributed by atoms with Crippen LogP contribution < -0.4 is 10.1 Å². The summed E-state index contributed by atoms with van der Waals surface area (Å²) < 4.78 is 10.2. The predicted molar refractivity (Wildman–Crippen MR) is 66.7 cm³/mol. The fourth-order valence-corrected chi connectivity index (χ4v) is 1.44. The summed E-state index contributed by atoms with van der Waals surface area (Å²) in [5, 5.41) is 6.24. The largest absolute Gasteiger partial charge is 0.489 e. The number of hydrogen-bond acceptors (Lipinski definition) is 4.